The number of nitrogens with one attached hydrogen (secondary N) is 1. The molecule has 0 radical (unpaired) electrons. The van der Waals surface area contributed by atoms with Crippen molar-refractivity contribution in [2.45, 2.75) is 39.5 Å². The van der Waals surface area contributed by atoms with E-state index < -0.39 is 12.3 Å². The summed E-state index contributed by atoms with van der Waals surface area (Å²) in [5.74, 6) is 0.378. The van der Waals surface area contributed by atoms with Crippen molar-refractivity contribution < 1.29 is 13.6 Å². The molecule has 126 valence electrons. The summed E-state index contributed by atoms with van der Waals surface area (Å²) < 4.78 is 27.6. The number of anilines is 1. The molecule has 0 aromatic carbocycles. The summed E-state index contributed by atoms with van der Waals surface area (Å²) in [6.45, 7) is 6.43. The highest BCUT2D eigenvalue weighted by Gasteiger charge is 2.22. The molecule has 2 aromatic rings. The van der Waals surface area contributed by atoms with E-state index in [0.29, 0.717) is 11.8 Å². The molecule has 0 saturated carbocycles. The third-order valence-corrected chi connectivity index (χ3v) is 4.83. The Kier molecular flexibility index (Phi) is 5.57. The van der Waals surface area contributed by atoms with Crippen LogP contribution in [-0.2, 0) is 7.05 Å². The van der Waals surface area contributed by atoms with Crippen molar-refractivity contribution >= 4 is 22.9 Å². The summed E-state index contributed by atoms with van der Waals surface area (Å²) in [7, 11) is 1.63. The average molecular weight is 340 g/mol. The Morgan fingerprint density at radius 3 is 2.61 bits per heavy atom. The predicted octanol–water partition coefficient (Wildman–Crippen LogP) is 5.43. The number of amides is 1. The Balaban J connectivity index is 2.20. The van der Waals surface area contributed by atoms with Gasteiger partial charge in [-0.25, -0.2) is 8.78 Å². The number of alkyl halides is 2. The first-order valence-electron chi connectivity index (χ1n) is 7.62. The van der Waals surface area contributed by atoms with Crippen LogP contribution >= 0.6 is 11.3 Å². The molecule has 3 nitrogen and oxygen atoms in total. The molecule has 1 N–H and O–H groups in total. The topological polar surface area (TPSA) is 34.0 Å². The van der Waals surface area contributed by atoms with Gasteiger partial charge in [0.1, 0.15) is 0 Å². The van der Waals surface area contributed by atoms with Crippen LogP contribution in [0.5, 0.6) is 0 Å². The second-order valence-electron chi connectivity index (χ2n) is 6.28. The number of hydrogen-bond acceptors (Lipinski definition) is 2. The molecule has 0 aliphatic heterocycles. The monoisotopic (exact) mass is 340 g/mol. The molecule has 1 amide bonds. The SMILES string of the molecule is CC(C)CC(C)c1sccc1NC(=O)c1cn(C)cc1C(F)F. The quantitative estimate of drug-likeness (QED) is 0.748. The van der Waals surface area contributed by atoms with E-state index in [4.69, 9.17) is 0 Å². The molecule has 1 unspecified atom stereocenters. The maximum Gasteiger partial charge on any atom is 0.266 e. The lowest BCUT2D eigenvalue weighted by Crippen LogP contribution is -2.14. The first kappa shape index (κ1) is 17.7. The highest BCUT2D eigenvalue weighted by molar-refractivity contribution is 7.10. The van der Waals surface area contributed by atoms with Gasteiger partial charge in [-0.3, -0.25) is 4.79 Å². The van der Waals surface area contributed by atoms with E-state index >= 15 is 0 Å². The highest BCUT2D eigenvalue weighted by Crippen LogP contribution is 2.34. The van der Waals surface area contributed by atoms with Crippen molar-refractivity contribution in [1.29, 1.82) is 0 Å². The third-order valence-electron chi connectivity index (χ3n) is 3.68. The van der Waals surface area contributed by atoms with Gasteiger partial charge in [0.15, 0.2) is 0 Å². The summed E-state index contributed by atoms with van der Waals surface area (Å²) in [5, 5.41) is 4.71. The average Bonchev–Trinajstić information content (AvgIpc) is 3.04. The number of rotatable bonds is 6. The highest BCUT2D eigenvalue weighted by atomic mass is 32.1. The number of aryl methyl sites for hydroxylation is 1. The number of hydrogen-bond donors (Lipinski definition) is 1. The number of nitrogens with zero attached hydrogens (tertiary/aromatic N) is 1. The Bertz CT molecular complexity index is 676. The summed E-state index contributed by atoms with van der Waals surface area (Å²) >= 11 is 1.58. The van der Waals surface area contributed by atoms with Crippen LogP contribution in [0.3, 0.4) is 0 Å². The van der Waals surface area contributed by atoms with Crippen LogP contribution in [-0.4, -0.2) is 10.5 Å². The fourth-order valence-corrected chi connectivity index (χ4v) is 3.70. The van der Waals surface area contributed by atoms with Crippen molar-refractivity contribution in [3.05, 3.63) is 39.8 Å². The van der Waals surface area contributed by atoms with Gasteiger partial charge in [0, 0.05) is 29.9 Å². The molecule has 1 atom stereocenters. The summed E-state index contributed by atoms with van der Waals surface area (Å²) in [5.41, 5.74) is 0.505. The van der Waals surface area contributed by atoms with Crippen LogP contribution < -0.4 is 5.32 Å². The van der Waals surface area contributed by atoms with Crippen LogP contribution in [0.15, 0.2) is 23.8 Å². The molecule has 6 heteroatoms. The van der Waals surface area contributed by atoms with E-state index in [0.717, 1.165) is 17.0 Å². The molecule has 0 spiro atoms. The van der Waals surface area contributed by atoms with E-state index in [1.165, 1.54) is 17.0 Å². The minimum atomic E-state index is -2.67. The van der Waals surface area contributed by atoms with Crippen LogP contribution in [0.2, 0.25) is 0 Å². The maximum atomic E-state index is 13.0. The van der Waals surface area contributed by atoms with E-state index in [1.807, 2.05) is 11.4 Å². The van der Waals surface area contributed by atoms with Gasteiger partial charge in [-0.05, 0) is 29.7 Å². The zero-order chi connectivity index (χ0) is 17.1. The van der Waals surface area contributed by atoms with Gasteiger partial charge in [-0.15, -0.1) is 11.3 Å². The molecule has 23 heavy (non-hydrogen) atoms. The maximum absolute atomic E-state index is 13.0. The number of thiophene rings is 1. The minimum absolute atomic E-state index is 0.0242. The molecule has 0 saturated heterocycles. The second-order valence-corrected chi connectivity index (χ2v) is 7.22. The van der Waals surface area contributed by atoms with Crippen LogP contribution in [0, 0.1) is 5.92 Å². The molecule has 0 aliphatic rings. The molecular formula is C17H22F2N2OS. The zero-order valence-corrected chi connectivity index (χ0v) is 14.6. The summed E-state index contributed by atoms with van der Waals surface area (Å²) in [6.07, 6.45) is 1.06. The number of halogens is 2. The van der Waals surface area contributed by atoms with Gasteiger partial charge in [-0.2, -0.15) is 0 Å². The van der Waals surface area contributed by atoms with Crippen molar-refractivity contribution in [2.75, 3.05) is 5.32 Å². The summed E-state index contributed by atoms with van der Waals surface area (Å²) in [4.78, 5) is 13.5. The van der Waals surface area contributed by atoms with Crippen LogP contribution in [0.4, 0.5) is 14.5 Å². The minimum Gasteiger partial charge on any atom is -0.356 e. The molecular weight excluding hydrogens is 318 g/mol. The van der Waals surface area contributed by atoms with E-state index in [-0.39, 0.29) is 11.1 Å². The zero-order valence-electron chi connectivity index (χ0n) is 13.8. The van der Waals surface area contributed by atoms with Gasteiger partial charge >= 0.3 is 0 Å². The Hall–Kier alpha value is -1.69. The van der Waals surface area contributed by atoms with E-state index in [1.54, 1.807) is 18.4 Å². The smallest absolute Gasteiger partial charge is 0.266 e. The largest absolute Gasteiger partial charge is 0.356 e. The van der Waals surface area contributed by atoms with Gasteiger partial charge in [0.2, 0.25) is 0 Å². The second kappa shape index (κ2) is 7.25. The number of aromatic nitrogens is 1. The van der Waals surface area contributed by atoms with Crippen molar-refractivity contribution in [2.24, 2.45) is 13.0 Å². The van der Waals surface area contributed by atoms with Gasteiger partial charge in [0.25, 0.3) is 12.3 Å². The van der Waals surface area contributed by atoms with Crippen LogP contribution in [0.25, 0.3) is 0 Å². The number of carbonyl (C=O) groups is 1. The van der Waals surface area contributed by atoms with Crippen molar-refractivity contribution in [1.82, 2.24) is 4.57 Å². The molecule has 2 heterocycles. The first-order chi connectivity index (χ1) is 10.8. The molecule has 0 aliphatic carbocycles. The van der Waals surface area contributed by atoms with Crippen molar-refractivity contribution in [3.63, 3.8) is 0 Å². The summed E-state index contributed by atoms with van der Waals surface area (Å²) in [6, 6.07) is 1.83. The predicted molar refractivity (Wildman–Crippen MR) is 90.5 cm³/mol. The molecule has 2 aromatic heterocycles. The van der Waals surface area contributed by atoms with Gasteiger partial charge < -0.3 is 9.88 Å². The van der Waals surface area contributed by atoms with Gasteiger partial charge in [-0.1, -0.05) is 20.8 Å². The lowest BCUT2D eigenvalue weighted by Gasteiger charge is -2.15. The molecule has 0 bridgehead atoms. The Labute approximate surface area is 139 Å². The molecule has 2 rings (SSSR count). The Morgan fingerprint density at radius 1 is 1.30 bits per heavy atom. The van der Waals surface area contributed by atoms with E-state index in [2.05, 4.69) is 26.1 Å². The third kappa shape index (κ3) is 4.19. The fraction of sp³-hybridized carbons (Fsp3) is 0.471. The van der Waals surface area contributed by atoms with Crippen LogP contribution in [0.1, 0.15) is 60.3 Å². The standard InChI is InChI=1S/C17H22F2N2OS/c1-10(2)7-11(3)15-14(5-6-23-15)20-17(22)13-9-21(4)8-12(13)16(18)19/h5-6,8-11,16H,7H2,1-4H3,(H,20,22). The van der Waals surface area contributed by atoms with Crippen molar-refractivity contribution in [3.8, 4) is 0 Å². The first-order valence-corrected chi connectivity index (χ1v) is 8.50. The fourth-order valence-electron chi connectivity index (χ4n) is 2.78. The molecule has 0 fully saturated rings. The lowest BCUT2D eigenvalue weighted by molar-refractivity contribution is 0.101. The Morgan fingerprint density at radius 2 is 2.00 bits per heavy atom. The van der Waals surface area contributed by atoms with Gasteiger partial charge in [0.05, 0.1) is 11.3 Å². The number of carbonyl (C=O) groups excluding carboxylic acids is 1. The lowest BCUT2D eigenvalue weighted by atomic mass is 9.97. The van der Waals surface area contributed by atoms with E-state index in [9.17, 15) is 13.6 Å². The normalized spacial score (nSPS) is 12.9.